The molecule has 0 saturated carbocycles. The van der Waals surface area contributed by atoms with E-state index >= 15 is 0 Å². The van der Waals surface area contributed by atoms with Crippen molar-refractivity contribution in [3.8, 4) is 0 Å². The summed E-state index contributed by atoms with van der Waals surface area (Å²) in [5.41, 5.74) is 0.269. The first-order chi connectivity index (χ1) is 14.2. The summed E-state index contributed by atoms with van der Waals surface area (Å²) in [6, 6.07) is 0. The van der Waals surface area contributed by atoms with Crippen molar-refractivity contribution in [1.82, 2.24) is 4.90 Å². The van der Waals surface area contributed by atoms with Gasteiger partial charge in [-0.25, -0.2) is 4.79 Å². The third-order valence-corrected chi connectivity index (χ3v) is 5.28. The summed E-state index contributed by atoms with van der Waals surface area (Å²) in [7, 11) is 0. The Morgan fingerprint density at radius 2 is 1.48 bits per heavy atom. The molecule has 0 aromatic heterocycles. The van der Waals surface area contributed by atoms with Gasteiger partial charge in [-0.3, -0.25) is 4.90 Å². The van der Waals surface area contributed by atoms with Crippen LogP contribution in [0.5, 0.6) is 0 Å². The maximum atomic E-state index is 11.5. The quantitative estimate of drug-likeness (QED) is 0.146. The zero-order valence-corrected chi connectivity index (χ0v) is 21.7. The van der Waals surface area contributed by atoms with Gasteiger partial charge in [0.2, 0.25) is 0 Å². The summed E-state index contributed by atoms with van der Waals surface area (Å²) >= 11 is 0. The molecule has 0 aliphatic heterocycles. The van der Waals surface area contributed by atoms with Gasteiger partial charge in [0.1, 0.15) is 6.61 Å². The molecule has 5 nitrogen and oxygen atoms in total. The molecular formula is C25H50ClNO4. The Hall–Kier alpha value is -0.620. The van der Waals surface area contributed by atoms with Gasteiger partial charge in [-0.15, -0.1) is 12.4 Å². The molecule has 0 aliphatic carbocycles. The van der Waals surface area contributed by atoms with Crippen molar-refractivity contribution >= 4 is 18.4 Å². The zero-order valence-electron chi connectivity index (χ0n) is 20.9. The fraction of sp³-hybridized carbons (Fsp3) is 0.880. The van der Waals surface area contributed by atoms with E-state index in [-0.39, 0.29) is 30.5 Å². The lowest BCUT2D eigenvalue weighted by Crippen LogP contribution is -2.48. The number of hydrogen-bond acceptors (Lipinski definition) is 5. The minimum Gasteiger partial charge on any atom is -0.461 e. The van der Waals surface area contributed by atoms with E-state index in [4.69, 9.17) is 9.47 Å². The number of esters is 1. The molecule has 0 bridgehead atoms. The van der Waals surface area contributed by atoms with Crippen molar-refractivity contribution in [3.63, 3.8) is 0 Å². The van der Waals surface area contributed by atoms with Gasteiger partial charge in [0.05, 0.1) is 12.7 Å². The number of halogens is 1. The van der Waals surface area contributed by atoms with Crippen molar-refractivity contribution in [1.29, 1.82) is 0 Å². The van der Waals surface area contributed by atoms with Crippen LogP contribution < -0.4 is 0 Å². The lowest BCUT2D eigenvalue weighted by atomic mass is 10.1. The number of rotatable bonds is 19. The molecule has 0 fully saturated rings. The van der Waals surface area contributed by atoms with Crippen molar-refractivity contribution in [2.45, 2.75) is 110 Å². The van der Waals surface area contributed by atoms with E-state index in [2.05, 4.69) is 39.2 Å². The molecule has 0 saturated heterocycles. The Kier molecular flexibility index (Phi) is 21.0. The highest BCUT2D eigenvalue weighted by molar-refractivity contribution is 5.86. The van der Waals surface area contributed by atoms with E-state index in [1.54, 1.807) is 6.92 Å². The highest BCUT2D eigenvalue weighted by Gasteiger charge is 2.24. The van der Waals surface area contributed by atoms with Crippen LogP contribution in [0, 0.1) is 0 Å². The normalized spacial score (nSPS) is 12.5. The van der Waals surface area contributed by atoms with Gasteiger partial charge in [0, 0.05) is 30.8 Å². The Morgan fingerprint density at radius 1 is 0.968 bits per heavy atom. The van der Waals surface area contributed by atoms with Crippen LogP contribution in [0.1, 0.15) is 98.8 Å². The van der Waals surface area contributed by atoms with E-state index in [9.17, 15) is 9.90 Å². The van der Waals surface area contributed by atoms with Crippen LogP contribution in [0.4, 0.5) is 0 Å². The van der Waals surface area contributed by atoms with Crippen LogP contribution >= 0.6 is 12.4 Å². The molecule has 186 valence electrons. The molecule has 0 rings (SSSR count). The van der Waals surface area contributed by atoms with Gasteiger partial charge in [0.25, 0.3) is 0 Å². The summed E-state index contributed by atoms with van der Waals surface area (Å²) in [6.45, 7) is 16.1. The fourth-order valence-electron chi connectivity index (χ4n) is 3.29. The van der Waals surface area contributed by atoms with Crippen LogP contribution in [0.2, 0.25) is 0 Å². The maximum Gasteiger partial charge on any atom is 0.333 e. The Balaban J connectivity index is 0. The van der Waals surface area contributed by atoms with Crippen molar-refractivity contribution in [3.05, 3.63) is 12.2 Å². The van der Waals surface area contributed by atoms with E-state index < -0.39 is 6.10 Å². The third-order valence-electron chi connectivity index (χ3n) is 5.28. The lowest BCUT2D eigenvalue weighted by Gasteiger charge is -2.36. The molecule has 0 aromatic rings. The second-order valence-electron chi connectivity index (χ2n) is 9.44. The predicted octanol–water partition coefficient (Wildman–Crippen LogP) is 5.93. The van der Waals surface area contributed by atoms with Gasteiger partial charge in [-0.1, -0.05) is 71.3 Å². The molecule has 1 N–H and O–H groups in total. The van der Waals surface area contributed by atoms with Gasteiger partial charge >= 0.3 is 5.97 Å². The summed E-state index contributed by atoms with van der Waals surface area (Å²) in [6.07, 6.45) is 12.5. The number of ether oxygens (including phenoxy) is 2. The Morgan fingerprint density at radius 3 is 1.97 bits per heavy atom. The molecule has 0 aromatic carbocycles. The van der Waals surface area contributed by atoms with Crippen molar-refractivity contribution in [2.24, 2.45) is 0 Å². The second kappa shape index (κ2) is 20.0. The Bertz CT molecular complexity index is 451. The molecular weight excluding hydrogens is 414 g/mol. The third kappa shape index (κ3) is 19.8. The van der Waals surface area contributed by atoms with Gasteiger partial charge < -0.3 is 14.6 Å². The summed E-state index contributed by atoms with van der Waals surface area (Å²) in [5.74, 6) is -0.371. The number of β-amino-alcohol motifs (C(OH)–C–C–N with tert-alkyl or cyclic N) is 1. The number of nitrogens with zero attached hydrogens (tertiary/aromatic N) is 1. The second-order valence-corrected chi connectivity index (χ2v) is 9.44. The van der Waals surface area contributed by atoms with E-state index in [1.165, 1.54) is 57.8 Å². The first-order valence-electron chi connectivity index (χ1n) is 12.0. The topological polar surface area (TPSA) is 59.0 Å². The number of hydrogen-bond donors (Lipinski definition) is 1. The van der Waals surface area contributed by atoms with Crippen LogP contribution in [0.15, 0.2) is 12.2 Å². The smallest absolute Gasteiger partial charge is 0.333 e. The van der Waals surface area contributed by atoms with Crippen molar-refractivity contribution in [2.75, 3.05) is 32.9 Å². The molecule has 0 spiro atoms. The molecule has 1 atom stereocenters. The summed E-state index contributed by atoms with van der Waals surface area (Å²) in [5, 5.41) is 10.4. The molecule has 0 aliphatic rings. The molecule has 0 heterocycles. The molecule has 31 heavy (non-hydrogen) atoms. The number of aliphatic hydroxyl groups is 1. The Labute approximate surface area is 198 Å². The SMILES string of the molecule is C=C(C)C(=O)OCCN(CC(O)COCCCCCCCCCCCC)C(C)(C)C.Cl. The van der Waals surface area contributed by atoms with E-state index in [0.717, 1.165) is 6.42 Å². The molecule has 1 unspecified atom stereocenters. The molecule has 6 heteroatoms. The van der Waals surface area contributed by atoms with E-state index in [0.29, 0.717) is 31.9 Å². The molecule has 0 amide bonds. The minimum absolute atomic E-state index is 0. The number of carbonyl (C=O) groups excluding carboxylic acids is 1. The first-order valence-corrected chi connectivity index (χ1v) is 12.0. The zero-order chi connectivity index (χ0) is 22.8. The fourth-order valence-corrected chi connectivity index (χ4v) is 3.29. The molecule has 0 radical (unpaired) electrons. The van der Waals surface area contributed by atoms with Gasteiger partial charge in [-0.05, 0) is 34.1 Å². The van der Waals surface area contributed by atoms with Gasteiger partial charge in [-0.2, -0.15) is 0 Å². The van der Waals surface area contributed by atoms with Gasteiger partial charge in [0.15, 0.2) is 0 Å². The number of aliphatic hydroxyl groups excluding tert-OH is 1. The summed E-state index contributed by atoms with van der Waals surface area (Å²) in [4.78, 5) is 13.6. The minimum atomic E-state index is -0.552. The predicted molar refractivity (Wildman–Crippen MR) is 133 cm³/mol. The maximum absolute atomic E-state index is 11.5. The average molecular weight is 464 g/mol. The van der Waals surface area contributed by atoms with Crippen LogP contribution in [0.25, 0.3) is 0 Å². The van der Waals surface area contributed by atoms with Crippen LogP contribution in [-0.4, -0.2) is 60.5 Å². The average Bonchev–Trinajstić information content (AvgIpc) is 2.67. The standard InChI is InChI=1S/C25H49NO4.ClH/c1-7-8-9-10-11-12-13-14-15-16-18-29-21-23(27)20-26(25(4,5)6)17-19-30-24(28)22(2)3;/h23,27H,2,7-21H2,1,3-6H3;1H. The highest BCUT2D eigenvalue weighted by Crippen LogP contribution is 2.14. The van der Waals surface area contributed by atoms with Crippen molar-refractivity contribution < 1.29 is 19.4 Å². The first kappa shape index (κ1) is 32.6. The van der Waals surface area contributed by atoms with Crippen LogP contribution in [0.3, 0.4) is 0 Å². The van der Waals surface area contributed by atoms with E-state index in [1.807, 2.05) is 0 Å². The summed E-state index contributed by atoms with van der Waals surface area (Å²) < 4.78 is 10.9. The van der Waals surface area contributed by atoms with Crippen LogP contribution in [-0.2, 0) is 14.3 Å². The highest BCUT2D eigenvalue weighted by atomic mass is 35.5. The number of carbonyl (C=O) groups is 1. The largest absolute Gasteiger partial charge is 0.461 e. The number of unbranched alkanes of at least 4 members (excludes halogenated alkanes) is 9. The lowest BCUT2D eigenvalue weighted by molar-refractivity contribution is -0.139. The monoisotopic (exact) mass is 463 g/mol.